The second kappa shape index (κ2) is 9.53. The van der Waals surface area contributed by atoms with Crippen LogP contribution < -0.4 is 15.0 Å². The van der Waals surface area contributed by atoms with Gasteiger partial charge >= 0.3 is 0 Å². The van der Waals surface area contributed by atoms with Gasteiger partial charge in [-0.3, -0.25) is 19.8 Å². The zero-order valence-electron chi connectivity index (χ0n) is 16.5. The van der Waals surface area contributed by atoms with Gasteiger partial charge in [0.1, 0.15) is 17.9 Å². The lowest BCUT2D eigenvalue weighted by Crippen LogP contribution is -2.54. The number of rotatable bonds is 5. The Bertz CT molecular complexity index is 1230. The van der Waals surface area contributed by atoms with Gasteiger partial charge < -0.3 is 4.74 Å². The van der Waals surface area contributed by atoms with Gasteiger partial charge in [-0.1, -0.05) is 59.6 Å². The standard InChI is InChI=1S/C24H16Cl2N2O3S/c25-17-9-6-15(7-10-17)14-31-21-11-8-16(13-20(21)26)12-19-22(29)27-24(32)28(23(19)30)18-4-2-1-3-5-18/h1-13H,14H2,(H,27,29,32)/b19-12-. The third-order valence-corrected chi connectivity index (χ3v) is 5.52. The SMILES string of the molecule is O=C1NC(=S)N(c2ccccc2)C(=O)/C1=C\c1ccc(OCc2ccc(Cl)cc2)c(Cl)c1. The minimum atomic E-state index is -0.564. The molecule has 5 nitrogen and oxygen atoms in total. The zero-order valence-corrected chi connectivity index (χ0v) is 18.9. The topological polar surface area (TPSA) is 58.6 Å². The van der Waals surface area contributed by atoms with Gasteiger partial charge in [-0.25, -0.2) is 0 Å². The number of para-hydroxylation sites is 1. The summed E-state index contributed by atoms with van der Waals surface area (Å²) in [5, 5.41) is 3.60. The molecule has 1 aliphatic rings. The van der Waals surface area contributed by atoms with Crippen molar-refractivity contribution in [1.29, 1.82) is 0 Å². The highest BCUT2D eigenvalue weighted by molar-refractivity contribution is 7.80. The first kappa shape index (κ1) is 22.0. The first-order valence-corrected chi connectivity index (χ1v) is 10.7. The van der Waals surface area contributed by atoms with E-state index in [2.05, 4.69) is 5.32 Å². The molecule has 4 rings (SSSR count). The lowest BCUT2D eigenvalue weighted by Gasteiger charge is -2.28. The van der Waals surface area contributed by atoms with Crippen LogP contribution in [0.3, 0.4) is 0 Å². The Morgan fingerprint density at radius 1 is 0.969 bits per heavy atom. The first-order valence-electron chi connectivity index (χ1n) is 9.55. The van der Waals surface area contributed by atoms with E-state index in [1.165, 1.54) is 11.0 Å². The molecule has 1 heterocycles. The van der Waals surface area contributed by atoms with Gasteiger partial charge in [-0.15, -0.1) is 0 Å². The quantitative estimate of drug-likeness (QED) is 0.300. The Morgan fingerprint density at radius 3 is 2.38 bits per heavy atom. The number of carbonyl (C=O) groups excluding carboxylic acids is 2. The predicted octanol–water partition coefficient (Wildman–Crippen LogP) is 5.40. The number of amides is 2. The summed E-state index contributed by atoms with van der Waals surface area (Å²) in [6, 6.07) is 21.2. The molecule has 1 saturated heterocycles. The molecule has 0 atom stereocenters. The number of benzene rings is 3. The number of thiocarbonyl (C=S) groups is 1. The molecule has 0 aromatic heterocycles. The Hall–Kier alpha value is -3.19. The van der Waals surface area contributed by atoms with Crippen LogP contribution in [0.1, 0.15) is 11.1 Å². The summed E-state index contributed by atoms with van der Waals surface area (Å²) in [5.41, 5.74) is 2.04. The van der Waals surface area contributed by atoms with Crippen LogP contribution in [0.4, 0.5) is 5.69 Å². The molecule has 1 N–H and O–H groups in total. The Balaban J connectivity index is 1.55. The summed E-state index contributed by atoms with van der Waals surface area (Å²) in [5.74, 6) is -0.592. The average Bonchev–Trinajstić information content (AvgIpc) is 2.78. The number of ether oxygens (including phenoxy) is 1. The van der Waals surface area contributed by atoms with Crippen LogP contribution >= 0.6 is 35.4 Å². The number of anilines is 1. The molecule has 1 fully saturated rings. The van der Waals surface area contributed by atoms with Gasteiger partial charge in [0.25, 0.3) is 11.8 Å². The maximum absolute atomic E-state index is 13.0. The van der Waals surface area contributed by atoms with E-state index in [0.717, 1.165) is 5.56 Å². The molecule has 2 amide bonds. The van der Waals surface area contributed by atoms with Crippen LogP contribution in [0.25, 0.3) is 6.08 Å². The van der Waals surface area contributed by atoms with Crippen molar-refractivity contribution in [1.82, 2.24) is 5.32 Å². The molecular weight excluding hydrogens is 467 g/mol. The molecule has 32 heavy (non-hydrogen) atoms. The summed E-state index contributed by atoms with van der Waals surface area (Å²) in [6.45, 7) is 0.321. The molecular formula is C24H16Cl2N2O3S. The zero-order chi connectivity index (χ0) is 22.7. The van der Waals surface area contributed by atoms with Crippen molar-refractivity contribution in [3.63, 3.8) is 0 Å². The highest BCUT2D eigenvalue weighted by Gasteiger charge is 2.34. The van der Waals surface area contributed by atoms with Gasteiger partial charge in [0, 0.05) is 5.02 Å². The van der Waals surface area contributed by atoms with Crippen molar-refractivity contribution in [3.05, 3.63) is 99.5 Å². The minimum Gasteiger partial charge on any atom is -0.487 e. The highest BCUT2D eigenvalue weighted by atomic mass is 35.5. The fourth-order valence-corrected chi connectivity index (χ4v) is 3.75. The fourth-order valence-electron chi connectivity index (χ4n) is 3.10. The summed E-state index contributed by atoms with van der Waals surface area (Å²) in [7, 11) is 0. The van der Waals surface area contributed by atoms with Gasteiger partial charge in [0.15, 0.2) is 5.11 Å². The fraction of sp³-hybridized carbons (Fsp3) is 0.0417. The van der Waals surface area contributed by atoms with E-state index in [1.807, 2.05) is 18.2 Å². The number of carbonyl (C=O) groups is 2. The molecule has 0 bridgehead atoms. The number of nitrogens with one attached hydrogen (secondary N) is 1. The second-order valence-corrected chi connectivity index (χ2v) is 8.13. The Labute approximate surface area is 200 Å². The van der Waals surface area contributed by atoms with Crippen molar-refractivity contribution in [2.24, 2.45) is 0 Å². The van der Waals surface area contributed by atoms with Crippen LogP contribution in [0, 0.1) is 0 Å². The lowest BCUT2D eigenvalue weighted by molar-refractivity contribution is -0.122. The molecule has 3 aromatic rings. The van der Waals surface area contributed by atoms with Crippen LogP contribution in [0.2, 0.25) is 10.0 Å². The van der Waals surface area contributed by atoms with Gasteiger partial charge in [0.05, 0.1) is 10.7 Å². The van der Waals surface area contributed by atoms with Gasteiger partial charge in [-0.05, 0) is 65.8 Å². The highest BCUT2D eigenvalue weighted by Crippen LogP contribution is 2.28. The van der Waals surface area contributed by atoms with E-state index in [1.54, 1.807) is 54.6 Å². The first-order chi connectivity index (χ1) is 15.4. The third-order valence-electron chi connectivity index (χ3n) is 4.69. The normalized spacial score (nSPS) is 15.1. The van der Waals surface area contributed by atoms with E-state index >= 15 is 0 Å². The molecule has 160 valence electrons. The smallest absolute Gasteiger partial charge is 0.270 e. The molecule has 0 saturated carbocycles. The predicted molar refractivity (Wildman–Crippen MR) is 130 cm³/mol. The lowest BCUT2D eigenvalue weighted by atomic mass is 10.1. The van der Waals surface area contributed by atoms with E-state index in [4.69, 9.17) is 40.2 Å². The van der Waals surface area contributed by atoms with E-state index in [9.17, 15) is 9.59 Å². The number of nitrogens with zero attached hydrogens (tertiary/aromatic N) is 1. The van der Waals surface area contributed by atoms with Gasteiger partial charge in [-0.2, -0.15) is 0 Å². The van der Waals surface area contributed by atoms with Crippen molar-refractivity contribution in [2.45, 2.75) is 6.61 Å². The van der Waals surface area contributed by atoms with Crippen LogP contribution in [0.5, 0.6) is 5.75 Å². The summed E-state index contributed by atoms with van der Waals surface area (Å²) in [4.78, 5) is 26.8. The molecule has 1 aliphatic heterocycles. The second-order valence-electron chi connectivity index (χ2n) is 6.90. The largest absolute Gasteiger partial charge is 0.487 e. The van der Waals surface area contributed by atoms with Crippen molar-refractivity contribution < 1.29 is 14.3 Å². The maximum atomic E-state index is 13.0. The monoisotopic (exact) mass is 482 g/mol. The summed E-state index contributed by atoms with van der Waals surface area (Å²) >= 11 is 17.5. The number of halogens is 2. The molecule has 0 unspecified atom stereocenters. The molecule has 0 aliphatic carbocycles. The van der Waals surface area contributed by atoms with E-state index < -0.39 is 11.8 Å². The summed E-state index contributed by atoms with van der Waals surface area (Å²) < 4.78 is 5.77. The van der Waals surface area contributed by atoms with Crippen LogP contribution in [0.15, 0.2) is 78.4 Å². The number of hydrogen-bond acceptors (Lipinski definition) is 4. The molecule has 8 heteroatoms. The Morgan fingerprint density at radius 2 is 1.69 bits per heavy atom. The molecule has 0 radical (unpaired) electrons. The number of hydrogen-bond donors (Lipinski definition) is 1. The van der Waals surface area contributed by atoms with Crippen molar-refractivity contribution >= 4 is 64.1 Å². The van der Waals surface area contributed by atoms with Crippen LogP contribution in [-0.4, -0.2) is 16.9 Å². The van der Waals surface area contributed by atoms with Crippen molar-refractivity contribution in [3.8, 4) is 5.75 Å². The summed E-state index contributed by atoms with van der Waals surface area (Å²) in [6.07, 6.45) is 1.48. The Kier molecular flexibility index (Phi) is 6.55. The average molecular weight is 483 g/mol. The molecule has 0 spiro atoms. The van der Waals surface area contributed by atoms with Gasteiger partial charge in [0.2, 0.25) is 0 Å². The van der Waals surface area contributed by atoms with Crippen molar-refractivity contribution in [2.75, 3.05) is 4.90 Å². The minimum absolute atomic E-state index is 0.0346. The van der Waals surface area contributed by atoms with Crippen LogP contribution in [-0.2, 0) is 16.2 Å². The third kappa shape index (κ3) is 4.83. The van der Waals surface area contributed by atoms with E-state index in [-0.39, 0.29) is 10.7 Å². The molecule has 3 aromatic carbocycles. The van der Waals surface area contributed by atoms with E-state index in [0.29, 0.717) is 33.7 Å². The maximum Gasteiger partial charge on any atom is 0.270 e.